The summed E-state index contributed by atoms with van der Waals surface area (Å²) in [4.78, 5) is 31.8. The Bertz CT molecular complexity index is 960. The van der Waals surface area contributed by atoms with E-state index in [1.807, 2.05) is 0 Å². The molecule has 12 heteroatoms. The highest BCUT2D eigenvalue weighted by Crippen LogP contribution is 2.33. The van der Waals surface area contributed by atoms with Crippen LogP contribution in [-0.2, 0) is 4.79 Å². The summed E-state index contributed by atoms with van der Waals surface area (Å²) in [5.74, 6) is -0.687. The van der Waals surface area contributed by atoms with Crippen LogP contribution in [0, 0.1) is 20.2 Å². The lowest BCUT2D eigenvalue weighted by Gasteiger charge is -2.10. The second-order valence-electron chi connectivity index (χ2n) is 5.38. The number of para-hydroxylation sites is 2. The monoisotopic (exact) mass is 404 g/mol. The van der Waals surface area contributed by atoms with Crippen molar-refractivity contribution in [2.45, 2.75) is 6.92 Å². The van der Waals surface area contributed by atoms with Crippen molar-refractivity contribution in [3.05, 3.63) is 62.2 Å². The number of non-ortho nitro benzene ring substituents is 1. The molecule has 152 valence electrons. The van der Waals surface area contributed by atoms with Gasteiger partial charge in [0.05, 0.1) is 34.3 Å². The van der Waals surface area contributed by atoms with Gasteiger partial charge in [0.1, 0.15) is 0 Å². The zero-order valence-corrected chi connectivity index (χ0v) is 15.1. The number of nitro benzene ring substituents is 2. The number of aromatic hydroxyl groups is 1. The minimum Gasteiger partial charge on any atom is -0.502 e. The highest BCUT2D eigenvalue weighted by molar-refractivity contribution is 5.88. The average molecular weight is 404 g/mol. The van der Waals surface area contributed by atoms with Gasteiger partial charge in [0, 0.05) is 6.07 Å². The summed E-state index contributed by atoms with van der Waals surface area (Å²) >= 11 is 0. The zero-order valence-electron chi connectivity index (χ0n) is 15.1. The van der Waals surface area contributed by atoms with Gasteiger partial charge in [0.2, 0.25) is 5.75 Å². The number of benzene rings is 2. The predicted octanol–water partition coefficient (Wildman–Crippen LogP) is 2.14. The fourth-order valence-electron chi connectivity index (χ4n) is 2.16. The van der Waals surface area contributed by atoms with Gasteiger partial charge in [-0.2, -0.15) is 5.10 Å². The van der Waals surface area contributed by atoms with E-state index in [2.05, 4.69) is 10.5 Å². The van der Waals surface area contributed by atoms with Crippen LogP contribution in [0.15, 0.2) is 41.5 Å². The molecular weight excluding hydrogens is 388 g/mol. The van der Waals surface area contributed by atoms with Gasteiger partial charge in [-0.25, -0.2) is 5.43 Å². The van der Waals surface area contributed by atoms with Crippen molar-refractivity contribution in [1.29, 1.82) is 0 Å². The van der Waals surface area contributed by atoms with Crippen LogP contribution in [0.25, 0.3) is 0 Å². The van der Waals surface area contributed by atoms with E-state index in [0.29, 0.717) is 24.2 Å². The third kappa shape index (κ3) is 5.63. The Kier molecular flexibility index (Phi) is 7.01. The van der Waals surface area contributed by atoms with E-state index in [9.17, 15) is 30.1 Å². The van der Waals surface area contributed by atoms with Crippen molar-refractivity contribution in [1.82, 2.24) is 5.43 Å². The van der Waals surface area contributed by atoms with Crippen molar-refractivity contribution in [3.63, 3.8) is 0 Å². The fraction of sp³-hybridized carbons (Fsp3) is 0.176. The summed E-state index contributed by atoms with van der Waals surface area (Å²) in [5, 5.41) is 35.2. The molecule has 0 fully saturated rings. The molecule has 2 aromatic rings. The first-order chi connectivity index (χ1) is 13.8. The molecule has 0 aliphatic heterocycles. The third-order valence-corrected chi connectivity index (χ3v) is 3.41. The van der Waals surface area contributed by atoms with Crippen molar-refractivity contribution in [2.24, 2.45) is 5.10 Å². The second-order valence-corrected chi connectivity index (χ2v) is 5.38. The van der Waals surface area contributed by atoms with Crippen LogP contribution in [0.1, 0.15) is 12.5 Å². The van der Waals surface area contributed by atoms with E-state index < -0.39 is 39.5 Å². The zero-order chi connectivity index (χ0) is 21.4. The minimum absolute atomic E-state index is 0.311. The van der Waals surface area contributed by atoms with Crippen LogP contribution >= 0.6 is 0 Å². The number of carbonyl (C=O) groups excluding carboxylic acids is 1. The normalized spacial score (nSPS) is 10.5. The highest BCUT2D eigenvalue weighted by Gasteiger charge is 2.23. The van der Waals surface area contributed by atoms with Gasteiger partial charge in [0.15, 0.2) is 18.1 Å². The molecule has 2 rings (SSSR count). The summed E-state index contributed by atoms with van der Waals surface area (Å²) in [6, 6.07) is 8.23. The van der Waals surface area contributed by atoms with Crippen molar-refractivity contribution in [2.75, 3.05) is 13.2 Å². The summed E-state index contributed by atoms with van der Waals surface area (Å²) in [6.07, 6.45) is 0.849. The first-order valence-corrected chi connectivity index (χ1v) is 8.15. The molecule has 0 aromatic heterocycles. The lowest BCUT2D eigenvalue weighted by atomic mass is 10.1. The van der Waals surface area contributed by atoms with Gasteiger partial charge in [-0.15, -0.1) is 0 Å². The maximum atomic E-state index is 11.8. The Hall–Kier alpha value is -4.22. The number of amides is 1. The van der Waals surface area contributed by atoms with Gasteiger partial charge < -0.3 is 14.6 Å². The molecule has 2 aromatic carbocycles. The molecule has 0 saturated carbocycles. The maximum Gasteiger partial charge on any atom is 0.318 e. The number of carbonyl (C=O) groups is 1. The number of hydrogen-bond donors (Lipinski definition) is 2. The number of nitrogens with zero attached hydrogens (tertiary/aromatic N) is 3. The van der Waals surface area contributed by atoms with Gasteiger partial charge in [-0.1, -0.05) is 12.1 Å². The van der Waals surface area contributed by atoms with Gasteiger partial charge in [-0.3, -0.25) is 25.0 Å². The second kappa shape index (κ2) is 9.64. The number of hydrogen-bond acceptors (Lipinski definition) is 9. The number of phenols is 1. The Morgan fingerprint density at radius 2 is 1.83 bits per heavy atom. The fourth-order valence-corrected chi connectivity index (χ4v) is 2.16. The molecular formula is C17H16N4O8. The highest BCUT2D eigenvalue weighted by atomic mass is 16.6. The molecule has 0 heterocycles. The molecule has 29 heavy (non-hydrogen) atoms. The molecule has 0 aliphatic rings. The molecule has 0 spiro atoms. The van der Waals surface area contributed by atoms with Gasteiger partial charge in [0.25, 0.3) is 11.6 Å². The van der Waals surface area contributed by atoms with Gasteiger partial charge >= 0.3 is 5.69 Å². The Balaban J connectivity index is 2.05. The maximum absolute atomic E-state index is 11.8. The molecule has 0 aliphatic carbocycles. The number of hydrazone groups is 1. The molecule has 2 N–H and O–H groups in total. The first-order valence-electron chi connectivity index (χ1n) is 8.15. The molecule has 0 atom stereocenters. The standard InChI is InChI=1S/C17H16N4O8/c1-2-28-14-5-3-4-6-15(14)29-10-16(22)19-18-9-11-7-12(20(24)25)8-13(17(11)23)21(26)27/h3-9,23H,2,10H2,1H3,(H,19,22)/b18-9-. The Morgan fingerprint density at radius 3 is 2.41 bits per heavy atom. The molecule has 0 radical (unpaired) electrons. The lowest BCUT2D eigenvalue weighted by molar-refractivity contribution is -0.394. The topological polar surface area (TPSA) is 166 Å². The number of rotatable bonds is 9. The van der Waals surface area contributed by atoms with E-state index >= 15 is 0 Å². The smallest absolute Gasteiger partial charge is 0.318 e. The van der Waals surface area contributed by atoms with Crippen LogP contribution in [0.3, 0.4) is 0 Å². The lowest BCUT2D eigenvalue weighted by Crippen LogP contribution is -2.24. The van der Waals surface area contributed by atoms with Crippen LogP contribution in [0.4, 0.5) is 11.4 Å². The summed E-state index contributed by atoms with van der Waals surface area (Å²) in [6.45, 7) is 1.80. The number of nitro groups is 2. The van der Waals surface area contributed by atoms with Crippen LogP contribution in [-0.4, -0.2) is 40.3 Å². The van der Waals surface area contributed by atoms with Crippen LogP contribution in [0.2, 0.25) is 0 Å². The molecule has 0 saturated heterocycles. The largest absolute Gasteiger partial charge is 0.502 e. The first kappa shape index (κ1) is 21.1. The number of ether oxygens (including phenoxy) is 2. The minimum atomic E-state index is -0.970. The number of phenolic OH excluding ortho intramolecular Hbond substituents is 1. The van der Waals surface area contributed by atoms with E-state index in [4.69, 9.17) is 9.47 Å². The summed E-state index contributed by atoms with van der Waals surface area (Å²) < 4.78 is 10.7. The Labute approximate surface area is 163 Å². The summed E-state index contributed by atoms with van der Waals surface area (Å²) in [5.41, 5.74) is 0.309. The van der Waals surface area contributed by atoms with Crippen LogP contribution in [0.5, 0.6) is 17.2 Å². The van der Waals surface area contributed by atoms with E-state index in [0.717, 1.165) is 12.3 Å². The van der Waals surface area contributed by atoms with E-state index in [1.54, 1.807) is 31.2 Å². The summed E-state index contributed by atoms with van der Waals surface area (Å²) in [7, 11) is 0. The van der Waals surface area contributed by atoms with Crippen molar-refractivity contribution < 1.29 is 29.2 Å². The van der Waals surface area contributed by atoms with Crippen molar-refractivity contribution in [3.8, 4) is 17.2 Å². The third-order valence-electron chi connectivity index (χ3n) is 3.41. The Morgan fingerprint density at radius 1 is 1.17 bits per heavy atom. The van der Waals surface area contributed by atoms with E-state index in [1.165, 1.54) is 0 Å². The van der Waals surface area contributed by atoms with Crippen LogP contribution < -0.4 is 14.9 Å². The molecule has 1 amide bonds. The molecule has 0 unspecified atom stereocenters. The van der Waals surface area contributed by atoms with E-state index in [-0.39, 0.29) is 5.56 Å². The predicted molar refractivity (Wildman–Crippen MR) is 100 cm³/mol. The average Bonchev–Trinajstić information content (AvgIpc) is 2.68. The molecule has 12 nitrogen and oxygen atoms in total. The number of nitrogens with one attached hydrogen (secondary N) is 1. The quantitative estimate of drug-likeness (QED) is 0.364. The van der Waals surface area contributed by atoms with Crippen molar-refractivity contribution >= 4 is 23.5 Å². The van der Waals surface area contributed by atoms with Gasteiger partial charge in [-0.05, 0) is 19.1 Å². The SMILES string of the molecule is CCOc1ccccc1OCC(=O)N/N=C\c1cc([N+](=O)[O-])cc([N+](=O)[O-])c1O. The molecule has 0 bridgehead atoms.